The fourth-order valence-corrected chi connectivity index (χ4v) is 3.17. The van der Waals surface area contributed by atoms with Crippen LogP contribution < -0.4 is 20.1 Å². The molecular weight excluding hydrogens is 392 g/mol. The molecule has 0 aliphatic carbocycles. The summed E-state index contributed by atoms with van der Waals surface area (Å²) in [5.74, 6) is 0.322. The Labute approximate surface area is 171 Å². The summed E-state index contributed by atoms with van der Waals surface area (Å²) in [6, 6.07) is 10.5. The van der Waals surface area contributed by atoms with Gasteiger partial charge in [-0.05, 0) is 24.3 Å². The minimum absolute atomic E-state index is 0.245. The monoisotopic (exact) mass is 412 g/mol. The number of ether oxygens (including phenoxy) is 2. The predicted octanol–water partition coefficient (Wildman–Crippen LogP) is 2.78. The quantitative estimate of drug-likeness (QED) is 0.590. The first-order valence-electron chi connectivity index (χ1n) is 8.77. The average Bonchev–Trinajstić information content (AvgIpc) is 3.22. The van der Waals surface area contributed by atoms with E-state index in [0.29, 0.717) is 35.2 Å². The molecule has 0 fully saturated rings. The van der Waals surface area contributed by atoms with Gasteiger partial charge in [0.1, 0.15) is 17.2 Å². The number of aromatic nitrogens is 2. The highest BCUT2D eigenvalue weighted by molar-refractivity contribution is 7.14. The van der Waals surface area contributed by atoms with Gasteiger partial charge in [0.15, 0.2) is 5.13 Å². The van der Waals surface area contributed by atoms with Gasteiger partial charge < -0.3 is 14.8 Å². The zero-order valence-corrected chi connectivity index (χ0v) is 16.8. The van der Waals surface area contributed by atoms with Crippen molar-refractivity contribution >= 4 is 28.3 Å². The van der Waals surface area contributed by atoms with Crippen LogP contribution in [-0.2, 0) is 6.42 Å². The van der Waals surface area contributed by atoms with Gasteiger partial charge in [0, 0.05) is 41.9 Å². The summed E-state index contributed by atoms with van der Waals surface area (Å²) < 4.78 is 10.3. The van der Waals surface area contributed by atoms with E-state index in [1.807, 2.05) is 18.2 Å². The molecule has 0 aliphatic rings. The number of hydrogen-bond donors (Lipinski definition) is 2. The van der Waals surface area contributed by atoms with Crippen LogP contribution in [0.1, 0.15) is 26.5 Å². The largest absolute Gasteiger partial charge is 0.497 e. The van der Waals surface area contributed by atoms with Gasteiger partial charge in [-0.1, -0.05) is 6.07 Å². The molecule has 2 amide bonds. The summed E-state index contributed by atoms with van der Waals surface area (Å²) in [5.41, 5.74) is 1.50. The van der Waals surface area contributed by atoms with Crippen LogP contribution in [0.5, 0.6) is 11.5 Å². The molecule has 2 aromatic heterocycles. The average molecular weight is 412 g/mol. The molecule has 0 aliphatic heterocycles. The van der Waals surface area contributed by atoms with Crippen molar-refractivity contribution < 1.29 is 19.1 Å². The highest BCUT2D eigenvalue weighted by Crippen LogP contribution is 2.24. The lowest BCUT2D eigenvalue weighted by Gasteiger charge is -2.08. The van der Waals surface area contributed by atoms with Crippen molar-refractivity contribution in [3.63, 3.8) is 0 Å². The first kappa shape index (κ1) is 20.3. The maximum atomic E-state index is 12.5. The second kappa shape index (κ2) is 9.65. The number of pyridine rings is 1. The van der Waals surface area contributed by atoms with Crippen molar-refractivity contribution in [2.45, 2.75) is 6.42 Å². The van der Waals surface area contributed by atoms with Crippen molar-refractivity contribution in [3.05, 3.63) is 64.9 Å². The smallest absolute Gasteiger partial charge is 0.270 e. The number of nitrogens with one attached hydrogen (secondary N) is 2. The van der Waals surface area contributed by atoms with Crippen molar-refractivity contribution in [2.24, 2.45) is 0 Å². The fraction of sp³-hybridized carbons (Fsp3) is 0.200. The van der Waals surface area contributed by atoms with E-state index in [4.69, 9.17) is 9.47 Å². The second-order valence-electron chi connectivity index (χ2n) is 5.92. The Morgan fingerprint density at radius 2 is 1.83 bits per heavy atom. The van der Waals surface area contributed by atoms with E-state index in [1.165, 1.54) is 25.6 Å². The summed E-state index contributed by atoms with van der Waals surface area (Å²) in [5, 5.41) is 7.40. The van der Waals surface area contributed by atoms with Crippen LogP contribution in [0.2, 0.25) is 0 Å². The van der Waals surface area contributed by atoms with Gasteiger partial charge in [-0.3, -0.25) is 19.9 Å². The molecule has 150 valence electrons. The number of amides is 2. The SMILES string of the molecule is COc1cc(OC)cc(C(=O)Nc2nc(C(=O)NCCc3ccccn3)cs2)c1. The Balaban J connectivity index is 1.58. The van der Waals surface area contributed by atoms with Gasteiger partial charge in [0.2, 0.25) is 0 Å². The van der Waals surface area contributed by atoms with E-state index in [9.17, 15) is 9.59 Å². The Morgan fingerprint density at radius 1 is 1.07 bits per heavy atom. The number of benzene rings is 1. The molecule has 0 saturated heterocycles. The highest BCUT2D eigenvalue weighted by atomic mass is 32.1. The van der Waals surface area contributed by atoms with Crippen molar-refractivity contribution in [1.82, 2.24) is 15.3 Å². The van der Waals surface area contributed by atoms with Gasteiger partial charge >= 0.3 is 0 Å². The van der Waals surface area contributed by atoms with Gasteiger partial charge in [-0.25, -0.2) is 4.98 Å². The molecule has 0 atom stereocenters. The number of anilines is 1. The zero-order chi connectivity index (χ0) is 20.6. The van der Waals surface area contributed by atoms with E-state index in [1.54, 1.807) is 29.8 Å². The van der Waals surface area contributed by atoms with E-state index in [2.05, 4.69) is 20.6 Å². The summed E-state index contributed by atoms with van der Waals surface area (Å²) in [6.45, 7) is 0.443. The lowest BCUT2D eigenvalue weighted by molar-refractivity contribution is 0.0948. The molecule has 3 rings (SSSR count). The maximum absolute atomic E-state index is 12.5. The molecule has 29 heavy (non-hydrogen) atoms. The number of methoxy groups -OCH3 is 2. The van der Waals surface area contributed by atoms with E-state index < -0.39 is 0 Å². The number of nitrogens with zero attached hydrogens (tertiary/aromatic N) is 2. The molecule has 2 N–H and O–H groups in total. The summed E-state index contributed by atoms with van der Waals surface area (Å²) in [4.78, 5) is 33.1. The molecule has 2 heterocycles. The van der Waals surface area contributed by atoms with Crippen molar-refractivity contribution in [1.29, 1.82) is 0 Å². The van der Waals surface area contributed by atoms with Crippen LogP contribution in [0, 0.1) is 0 Å². The lowest BCUT2D eigenvalue weighted by Crippen LogP contribution is -2.26. The van der Waals surface area contributed by atoms with Crippen LogP contribution in [0.15, 0.2) is 48.0 Å². The predicted molar refractivity (Wildman–Crippen MR) is 110 cm³/mol. The molecule has 0 bridgehead atoms. The summed E-state index contributed by atoms with van der Waals surface area (Å²) in [7, 11) is 3.02. The van der Waals surface area contributed by atoms with Gasteiger partial charge in [0.05, 0.1) is 14.2 Å². The molecule has 0 unspecified atom stereocenters. The van der Waals surface area contributed by atoms with Gasteiger partial charge in [-0.15, -0.1) is 11.3 Å². The lowest BCUT2D eigenvalue weighted by atomic mass is 10.2. The van der Waals surface area contributed by atoms with Crippen LogP contribution in [0.4, 0.5) is 5.13 Å². The third kappa shape index (κ3) is 5.52. The topological polar surface area (TPSA) is 102 Å². The number of carbonyl (C=O) groups excluding carboxylic acids is 2. The Hall–Kier alpha value is -3.46. The van der Waals surface area contributed by atoms with Gasteiger partial charge in [0.25, 0.3) is 11.8 Å². The van der Waals surface area contributed by atoms with E-state index in [0.717, 1.165) is 5.69 Å². The Kier molecular flexibility index (Phi) is 6.75. The number of rotatable bonds is 8. The molecular formula is C20H20N4O4S. The zero-order valence-electron chi connectivity index (χ0n) is 16.0. The first-order chi connectivity index (χ1) is 14.1. The normalized spacial score (nSPS) is 10.3. The third-order valence-corrected chi connectivity index (χ3v) is 4.72. The van der Waals surface area contributed by atoms with E-state index in [-0.39, 0.29) is 17.5 Å². The van der Waals surface area contributed by atoms with E-state index >= 15 is 0 Å². The Morgan fingerprint density at radius 3 is 2.48 bits per heavy atom. The molecule has 0 spiro atoms. The molecule has 1 aromatic carbocycles. The maximum Gasteiger partial charge on any atom is 0.270 e. The number of hydrogen-bond acceptors (Lipinski definition) is 7. The minimum Gasteiger partial charge on any atom is -0.497 e. The van der Waals surface area contributed by atoms with Crippen molar-refractivity contribution in [3.8, 4) is 11.5 Å². The first-order valence-corrected chi connectivity index (χ1v) is 9.65. The van der Waals surface area contributed by atoms with Crippen LogP contribution >= 0.6 is 11.3 Å². The minimum atomic E-state index is -0.376. The third-order valence-electron chi connectivity index (χ3n) is 3.96. The number of carbonyl (C=O) groups is 2. The summed E-state index contributed by atoms with van der Waals surface area (Å²) >= 11 is 1.17. The van der Waals surface area contributed by atoms with Crippen LogP contribution in [0.25, 0.3) is 0 Å². The molecule has 0 radical (unpaired) electrons. The molecule has 9 heteroatoms. The Bertz CT molecular complexity index is 969. The number of thiazole rings is 1. The molecule has 8 nitrogen and oxygen atoms in total. The van der Waals surface area contributed by atoms with Crippen molar-refractivity contribution in [2.75, 3.05) is 26.1 Å². The van der Waals surface area contributed by atoms with Crippen LogP contribution in [-0.4, -0.2) is 42.5 Å². The fourth-order valence-electron chi connectivity index (χ4n) is 2.48. The highest BCUT2D eigenvalue weighted by Gasteiger charge is 2.15. The second-order valence-corrected chi connectivity index (χ2v) is 6.78. The summed E-state index contributed by atoms with van der Waals surface area (Å²) in [6.07, 6.45) is 2.34. The standard InChI is InChI=1S/C20H20N4O4S/c1-27-15-9-13(10-16(11-15)28-2)18(25)24-20-23-17(12-29-20)19(26)22-8-6-14-5-3-4-7-21-14/h3-5,7,9-12H,6,8H2,1-2H3,(H,22,26)(H,23,24,25). The van der Waals surface area contributed by atoms with Crippen LogP contribution in [0.3, 0.4) is 0 Å². The molecule has 0 saturated carbocycles. The van der Waals surface area contributed by atoms with Gasteiger partial charge in [-0.2, -0.15) is 0 Å². The molecule has 3 aromatic rings.